The maximum absolute atomic E-state index is 5.71. The molecule has 0 radical (unpaired) electrons. The molecule has 22 heavy (non-hydrogen) atoms. The fourth-order valence-electron chi connectivity index (χ4n) is 2.61. The average Bonchev–Trinajstić information content (AvgIpc) is 2.79. The van der Waals surface area contributed by atoms with Crippen LogP contribution in [0.4, 0.5) is 11.9 Å². The molecule has 4 N–H and O–H groups in total. The number of aryl methyl sites for hydroxylation is 2. The van der Waals surface area contributed by atoms with E-state index in [1.54, 1.807) is 0 Å². The highest BCUT2D eigenvalue weighted by Crippen LogP contribution is 2.20. The first-order chi connectivity index (χ1) is 10.6. The van der Waals surface area contributed by atoms with Gasteiger partial charge in [-0.15, -0.1) is 0 Å². The van der Waals surface area contributed by atoms with Gasteiger partial charge in [-0.1, -0.05) is 33.1 Å². The average molecular weight is 303 g/mol. The van der Waals surface area contributed by atoms with E-state index in [2.05, 4.69) is 33.8 Å². The lowest BCUT2D eigenvalue weighted by Gasteiger charge is -2.11. The lowest BCUT2D eigenvalue weighted by atomic mass is 10.1. The van der Waals surface area contributed by atoms with E-state index in [9.17, 15) is 0 Å². The van der Waals surface area contributed by atoms with Gasteiger partial charge in [0, 0.05) is 12.1 Å². The second-order valence-corrected chi connectivity index (χ2v) is 5.41. The summed E-state index contributed by atoms with van der Waals surface area (Å²) in [6, 6.07) is 0. The fourth-order valence-corrected chi connectivity index (χ4v) is 2.61. The van der Waals surface area contributed by atoms with Crippen LogP contribution in [0.25, 0.3) is 5.95 Å². The van der Waals surface area contributed by atoms with E-state index in [1.807, 2.05) is 11.5 Å². The number of nitrogens with zero attached hydrogens (tertiary/aromatic N) is 5. The zero-order valence-electron chi connectivity index (χ0n) is 13.6. The first kappa shape index (κ1) is 16.2. The Morgan fingerprint density at radius 1 is 0.909 bits per heavy atom. The molecule has 0 fully saturated rings. The van der Waals surface area contributed by atoms with Crippen LogP contribution in [0.5, 0.6) is 0 Å². The minimum atomic E-state index is 0.132. The molecule has 2 aromatic rings. The number of anilines is 2. The molecular formula is C15H25N7. The lowest BCUT2D eigenvalue weighted by Crippen LogP contribution is -2.13. The molecule has 0 aliphatic heterocycles. The molecule has 120 valence electrons. The molecule has 0 saturated carbocycles. The molecule has 0 aliphatic rings. The summed E-state index contributed by atoms with van der Waals surface area (Å²) in [7, 11) is 0. The van der Waals surface area contributed by atoms with Crippen LogP contribution in [0.2, 0.25) is 0 Å². The summed E-state index contributed by atoms with van der Waals surface area (Å²) in [4.78, 5) is 16.9. The van der Waals surface area contributed by atoms with Crippen LogP contribution in [0.15, 0.2) is 0 Å². The van der Waals surface area contributed by atoms with E-state index in [1.165, 1.54) is 19.3 Å². The number of imidazole rings is 1. The number of rotatable bonds is 7. The minimum absolute atomic E-state index is 0.132. The maximum Gasteiger partial charge on any atom is 0.241 e. The number of aromatic nitrogens is 5. The van der Waals surface area contributed by atoms with Crippen molar-refractivity contribution in [2.75, 3.05) is 11.5 Å². The summed E-state index contributed by atoms with van der Waals surface area (Å²) in [5.41, 5.74) is 13.6. The van der Waals surface area contributed by atoms with Crippen LogP contribution < -0.4 is 11.5 Å². The van der Waals surface area contributed by atoms with Gasteiger partial charge in [0.25, 0.3) is 0 Å². The topological polar surface area (TPSA) is 109 Å². The van der Waals surface area contributed by atoms with Crippen molar-refractivity contribution in [3.8, 4) is 5.95 Å². The molecule has 7 nitrogen and oxygen atoms in total. The zero-order chi connectivity index (χ0) is 16.1. The third-order valence-corrected chi connectivity index (χ3v) is 3.68. The third kappa shape index (κ3) is 3.52. The summed E-state index contributed by atoms with van der Waals surface area (Å²) in [5, 5.41) is 0. The van der Waals surface area contributed by atoms with Crippen LogP contribution in [-0.4, -0.2) is 24.5 Å². The summed E-state index contributed by atoms with van der Waals surface area (Å²) in [6.07, 6.45) is 6.55. The second-order valence-electron chi connectivity index (χ2n) is 5.41. The van der Waals surface area contributed by atoms with Gasteiger partial charge in [0.05, 0.1) is 5.69 Å². The quantitative estimate of drug-likeness (QED) is 0.759. The highest BCUT2D eigenvalue weighted by Gasteiger charge is 2.17. The van der Waals surface area contributed by atoms with Gasteiger partial charge in [0.2, 0.25) is 17.8 Å². The Hall–Kier alpha value is -2.18. The Morgan fingerprint density at radius 3 is 2.18 bits per heavy atom. The Bertz CT molecular complexity index is 613. The standard InChI is InChI=1S/C15H25N7/c1-4-6-7-8-9-11-10(3)18-12(5-2)22(11)15-20-13(16)19-14(17)21-15/h4-9H2,1-3H3,(H4,16,17,19,20,21). The van der Waals surface area contributed by atoms with Gasteiger partial charge in [-0.05, 0) is 19.8 Å². The van der Waals surface area contributed by atoms with Crippen LogP contribution in [0, 0.1) is 6.92 Å². The normalized spacial score (nSPS) is 11.0. The molecule has 0 saturated heterocycles. The van der Waals surface area contributed by atoms with Crippen molar-refractivity contribution in [3.63, 3.8) is 0 Å². The van der Waals surface area contributed by atoms with Crippen LogP contribution in [0.3, 0.4) is 0 Å². The molecule has 2 rings (SSSR count). The summed E-state index contributed by atoms with van der Waals surface area (Å²) < 4.78 is 1.98. The van der Waals surface area contributed by atoms with Gasteiger partial charge in [-0.3, -0.25) is 4.57 Å². The van der Waals surface area contributed by atoms with Crippen molar-refractivity contribution >= 4 is 11.9 Å². The molecule has 0 unspecified atom stereocenters. The van der Waals surface area contributed by atoms with Gasteiger partial charge in [-0.25, -0.2) is 4.98 Å². The Balaban J connectivity index is 2.39. The molecule has 0 bridgehead atoms. The zero-order valence-corrected chi connectivity index (χ0v) is 13.6. The van der Waals surface area contributed by atoms with Crippen LogP contribution in [0.1, 0.15) is 56.7 Å². The highest BCUT2D eigenvalue weighted by atomic mass is 15.3. The van der Waals surface area contributed by atoms with Crippen molar-refractivity contribution < 1.29 is 0 Å². The van der Waals surface area contributed by atoms with Crippen molar-refractivity contribution in [2.45, 2.75) is 59.3 Å². The smallest absolute Gasteiger partial charge is 0.241 e. The number of unbranched alkanes of at least 4 members (excludes halogenated alkanes) is 3. The van der Waals surface area contributed by atoms with Gasteiger partial charge < -0.3 is 11.5 Å². The first-order valence-electron chi connectivity index (χ1n) is 7.91. The Kier molecular flexibility index (Phi) is 5.30. The molecule has 0 atom stereocenters. The van der Waals surface area contributed by atoms with Gasteiger partial charge in [-0.2, -0.15) is 15.0 Å². The van der Waals surface area contributed by atoms with Crippen LogP contribution in [-0.2, 0) is 12.8 Å². The Labute approximate surface area is 131 Å². The molecule has 2 aromatic heterocycles. The minimum Gasteiger partial charge on any atom is -0.368 e. The van der Waals surface area contributed by atoms with Gasteiger partial charge >= 0.3 is 0 Å². The molecule has 0 aromatic carbocycles. The monoisotopic (exact) mass is 303 g/mol. The first-order valence-corrected chi connectivity index (χ1v) is 7.91. The summed E-state index contributed by atoms with van der Waals surface area (Å²) in [6.45, 7) is 6.30. The van der Waals surface area contributed by atoms with Gasteiger partial charge in [0.15, 0.2) is 0 Å². The van der Waals surface area contributed by atoms with Crippen LogP contribution >= 0.6 is 0 Å². The second kappa shape index (κ2) is 7.20. The van der Waals surface area contributed by atoms with E-state index in [0.717, 1.165) is 36.5 Å². The number of nitrogens with two attached hydrogens (primary N) is 2. The summed E-state index contributed by atoms with van der Waals surface area (Å²) in [5.74, 6) is 1.65. The highest BCUT2D eigenvalue weighted by molar-refractivity contribution is 5.35. The third-order valence-electron chi connectivity index (χ3n) is 3.68. The maximum atomic E-state index is 5.71. The molecule has 7 heteroatoms. The van der Waals surface area contributed by atoms with E-state index >= 15 is 0 Å². The molecular weight excluding hydrogens is 278 g/mol. The number of nitrogen functional groups attached to an aromatic ring is 2. The predicted molar refractivity (Wildman–Crippen MR) is 87.7 cm³/mol. The van der Waals surface area contributed by atoms with Crippen molar-refractivity contribution in [2.24, 2.45) is 0 Å². The fraction of sp³-hybridized carbons (Fsp3) is 0.600. The number of hydrogen-bond donors (Lipinski definition) is 2. The van der Waals surface area contributed by atoms with Gasteiger partial charge in [0.1, 0.15) is 5.82 Å². The van der Waals surface area contributed by atoms with E-state index in [4.69, 9.17) is 11.5 Å². The molecule has 0 amide bonds. The van der Waals surface area contributed by atoms with Crippen molar-refractivity contribution in [1.82, 2.24) is 24.5 Å². The van der Waals surface area contributed by atoms with E-state index in [-0.39, 0.29) is 11.9 Å². The SMILES string of the molecule is CCCCCCc1c(C)nc(CC)n1-c1nc(N)nc(N)n1. The van der Waals surface area contributed by atoms with Crippen molar-refractivity contribution in [1.29, 1.82) is 0 Å². The predicted octanol–water partition coefficient (Wildman–Crippen LogP) is 2.22. The summed E-state index contributed by atoms with van der Waals surface area (Å²) >= 11 is 0. The van der Waals surface area contributed by atoms with E-state index < -0.39 is 0 Å². The Morgan fingerprint density at radius 2 is 1.59 bits per heavy atom. The molecule has 0 spiro atoms. The molecule has 2 heterocycles. The largest absolute Gasteiger partial charge is 0.368 e. The van der Waals surface area contributed by atoms with E-state index in [0.29, 0.717) is 5.95 Å². The van der Waals surface area contributed by atoms with Crippen molar-refractivity contribution in [3.05, 3.63) is 17.2 Å². The lowest BCUT2D eigenvalue weighted by molar-refractivity contribution is 0.648. The molecule has 0 aliphatic carbocycles. The number of hydrogen-bond acceptors (Lipinski definition) is 6.